The van der Waals surface area contributed by atoms with Crippen molar-refractivity contribution < 1.29 is 13.2 Å². The molecule has 1 aromatic carbocycles. The van der Waals surface area contributed by atoms with Crippen molar-refractivity contribution in [3.8, 4) is 0 Å². The van der Waals surface area contributed by atoms with Crippen LogP contribution in [0.25, 0.3) is 0 Å². The van der Waals surface area contributed by atoms with Gasteiger partial charge < -0.3 is 4.90 Å². The Kier molecular flexibility index (Phi) is 4.39. The molecule has 1 aromatic rings. The quantitative estimate of drug-likeness (QED) is 0.806. The highest BCUT2D eigenvalue weighted by Crippen LogP contribution is 2.27. The minimum Gasteiger partial charge on any atom is -0.336 e. The Bertz CT molecular complexity index is 627. The third-order valence-electron chi connectivity index (χ3n) is 3.74. The largest absolute Gasteiger partial charge is 0.336 e. The third-order valence-corrected chi connectivity index (χ3v) is 5.12. The summed E-state index contributed by atoms with van der Waals surface area (Å²) in [4.78, 5) is 14.3. The molecular weight excluding hydrogens is 298 g/mol. The van der Waals surface area contributed by atoms with Crippen molar-refractivity contribution in [3.63, 3.8) is 0 Å². The van der Waals surface area contributed by atoms with Gasteiger partial charge in [0, 0.05) is 23.3 Å². The summed E-state index contributed by atoms with van der Waals surface area (Å²) in [5, 5.41) is 0. The van der Waals surface area contributed by atoms with Crippen LogP contribution in [0.2, 0.25) is 0 Å². The van der Waals surface area contributed by atoms with E-state index in [0.29, 0.717) is 6.54 Å². The zero-order valence-corrected chi connectivity index (χ0v) is 13.2. The molecule has 1 saturated heterocycles. The summed E-state index contributed by atoms with van der Waals surface area (Å²) in [6.45, 7) is 4.53. The number of hydrogen-bond acceptors (Lipinski definition) is 3. The first-order valence-electron chi connectivity index (χ1n) is 6.71. The molecule has 20 heavy (non-hydrogen) atoms. The van der Waals surface area contributed by atoms with E-state index in [4.69, 9.17) is 10.7 Å². The molecule has 0 N–H and O–H groups in total. The fourth-order valence-electron chi connectivity index (χ4n) is 2.71. The van der Waals surface area contributed by atoms with Crippen LogP contribution in [-0.2, 0) is 9.05 Å². The highest BCUT2D eigenvalue weighted by molar-refractivity contribution is 8.13. The lowest BCUT2D eigenvalue weighted by Crippen LogP contribution is -2.35. The second-order valence-electron chi connectivity index (χ2n) is 5.14. The molecule has 0 saturated carbocycles. The van der Waals surface area contributed by atoms with Crippen molar-refractivity contribution in [1.82, 2.24) is 4.90 Å². The summed E-state index contributed by atoms with van der Waals surface area (Å²) in [6.07, 6.45) is 2.80. The smallest absolute Gasteiger partial charge is 0.262 e. The van der Waals surface area contributed by atoms with Crippen molar-refractivity contribution in [2.75, 3.05) is 6.54 Å². The number of hydrogen-bond donors (Lipinski definition) is 0. The molecule has 0 radical (unpaired) electrons. The summed E-state index contributed by atoms with van der Waals surface area (Å²) in [6, 6.07) is 4.84. The predicted octanol–water partition coefficient (Wildman–Crippen LogP) is 2.94. The second-order valence-corrected chi connectivity index (χ2v) is 7.67. The third kappa shape index (κ3) is 2.99. The van der Waals surface area contributed by atoms with Gasteiger partial charge in [-0.05, 0) is 38.3 Å². The second kappa shape index (κ2) is 5.74. The predicted molar refractivity (Wildman–Crippen MR) is 78.6 cm³/mol. The summed E-state index contributed by atoms with van der Waals surface area (Å²) in [5.41, 5.74) is 1.02. The molecule has 0 aliphatic carbocycles. The molecule has 4 nitrogen and oxygen atoms in total. The number of aryl methyl sites for hydroxylation is 1. The van der Waals surface area contributed by atoms with E-state index in [1.165, 1.54) is 6.07 Å². The average molecular weight is 316 g/mol. The summed E-state index contributed by atoms with van der Waals surface area (Å²) < 4.78 is 23.3. The van der Waals surface area contributed by atoms with Gasteiger partial charge in [-0.3, -0.25) is 4.79 Å². The number of rotatable bonds is 3. The maximum atomic E-state index is 12.6. The normalized spacial score (nSPS) is 19.4. The Morgan fingerprint density at radius 3 is 2.75 bits per heavy atom. The molecule has 1 aliphatic heterocycles. The molecule has 1 aliphatic rings. The zero-order valence-electron chi connectivity index (χ0n) is 11.6. The van der Waals surface area contributed by atoms with Gasteiger partial charge in [0.15, 0.2) is 0 Å². The van der Waals surface area contributed by atoms with E-state index in [9.17, 15) is 13.2 Å². The van der Waals surface area contributed by atoms with E-state index in [1.54, 1.807) is 17.0 Å². The van der Waals surface area contributed by atoms with Crippen LogP contribution in [-0.4, -0.2) is 31.8 Å². The van der Waals surface area contributed by atoms with Crippen LogP contribution in [0.3, 0.4) is 0 Å². The zero-order chi connectivity index (χ0) is 14.9. The van der Waals surface area contributed by atoms with E-state index in [-0.39, 0.29) is 22.4 Å². The summed E-state index contributed by atoms with van der Waals surface area (Å²) >= 11 is 0. The van der Waals surface area contributed by atoms with Gasteiger partial charge in [0.25, 0.3) is 15.0 Å². The molecule has 1 heterocycles. The van der Waals surface area contributed by atoms with Gasteiger partial charge in [0.2, 0.25) is 0 Å². The van der Waals surface area contributed by atoms with Crippen LogP contribution < -0.4 is 0 Å². The van der Waals surface area contributed by atoms with Gasteiger partial charge in [-0.15, -0.1) is 0 Å². The highest BCUT2D eigenvalue weighted by Gasteiger charge is 2.31. The molecule has 6 heteroatoms. The van der Waals surface area contributed by atoms with Crippen molar-refractivity contribution in [1.29, 1.82) is 0 Å². The minimum absolute atomic E-state index is 0.100. The SMILES string of the molecule is CCC1CCCN1C(=O)c1cc(C)ccc1S(=O)(=O)Cl. The van der Waals surface area contributed by atoms with Crippen LogP contribution >= 0.6 is 10.7 Å². The Morgan fingerprint density at radius 1 is 1.45 bits per heavy atom. The Balaban J connectivity index is 2.46. The van der Waals surface area contributed by atoms with Gasteiger partial charge >= 0.3 is 0 Å². The molecule has 0 spiro atoms. The average Bonchev–Trinajstić information content (AvgIpc) is 2.84. The monoisotopic (exact) mass is 315 g/mol. The number of nitrogens with zero attached hydrogens (tertiary/aromatic N) is 1. The first-order valence-corrected chi connectivity index (χ1v) is 9.01. The van der Waals surface area contributed by atoms with Crippen molar-refractivity contribution >= 4 is 25.6 Å². The molecule has 2 rings (SSSR count). The van der Waals surface area contributed by atoms with E-state index < -0.39 is 9.05 Å². The number of halogens is 1. The van der Waals surface area contributed by atoms with E-state index in [0.717, 1.165) is 24.8 Å². The van der Waals surface area contributed by atoms with Crippen LogP contribution in [0.4, 0.5) is 0 Å². The Hall–Kier alpha value is -1.07. The number of amides is 1. The van der Waals surface area contributed by atoms with Crippen molar-refractivity contribution in [2.45, 2.75) is 44.0 Å². The molecule has 1 fully saturated rings. The standard InChI is InChI=1S/C14H18ClNO3S/c1-3-11-5-4-8-16(11)14(17)12-9-10(2)6-7-13(12)20(15,18)19/h6-7,9,11H,3-5,8H2,1-2H3. The maximum absolute atomic E-state index is 12.6. The summed E-state index contributed by atoms with van der Waals surface area (Å²) in [5.74, 6) is -0.239. The topological polar surface area (TPSA) is 54.5 Å². The molecule has 1 unspecified atom stereocenters. The Morgan fingerprint density at radius 2 is 2.15 bits per heavy atom. The van der Waals surface area contributed by atoms with Crippen LogP contribution in [0.1, 0.15) is 42.1 Å². The number of likely N-dealkylation sites (tertiary alicyclic amines) is 1. The van der Waals surface area contributed by atoms with Gasteiger partial charge in [0.1, 0.15) is 0 Å². The van der Waals surface area contributed by atoms with Gasteiger partial charge in [-0.25, -0.2) is 8.42 Å². The van der Waals surface area contributed by atoms with Crippen molar-refractivity contribution in [2.24, 2.45) is 0 Å². The number of carbonyl (C=O) groups is 1. The first kappa shape index (κ1) is 15.3. The fourth-order valence-corrected chi connectivity index (χ4v) is 3.75. The number of carbonyl (C=O) groups excluding carboxylic acids is 1. The maximum Gasteiger partial charge on any atom is 0.262 e. The first-order chi connectivity index (χ1) is 9.34. The molecule has 1 atom stereocenters. The molecule has 110 valence electrons. The van der Waals surface area contributed by atoms with Gasteiger partial charge in [-0.2, -0.15) is 0 Å². The van der Waals surface area contributed by atoms with Crippen LogP contribution in [0, 0.1) is 6.92 Å². The van der Waals surface area contributed by atoms with E-state index in [2.05, 4.69) is 0 Å². The Labute approximate surface area is 124 Å². The molecule has 0 aromatic heterocycles. The number of benzene rings is 1. The minimum atomic E-state index is -3.92. The van der Waals surface area contributed by atoms with Gasteiger partial charge in [0.05, 0.1) is 10.5 Å². The highest BCUT2D eigenvalue weighted by atomic mass is 35.7. The molecular formula is C14H18ClNO3S. The van der Waals surface area contributed by atoms with E-state index in [1.807, 2.05) is 13.8 Å². The summed E-state index contributed by atoms with van der Waals surface area (Å²) in [7, 11) is 1.51. The molecule has 1 amide bonds. The van der Waals surface area contributed by atoms with Crippen LogP contribution in [0.15, 0.2) is 23.1 Å². The molecule has 0 bridgehead atoms. The fraction of sp³-hybridized carbons (Fsp3) is 0.500. The van der Waals surface area contributed by atoms with Gasteiger partial charge in [-0.1, -0.05) is 18.6 Å². The lowest BCUT2D eigenvalue weighted by atomic mass is 10.1. The lowest BCUT2D eigenvalue weighted by molar-refractivity contribution is 0.0729. The van der Waals surface area contributed by atoms with Crippen molar-refractivity contribution in [3.05, 3.63) is 29.3 Å². The lowest BCUT2D eigenvalue weighted by Gasteiger charge is -2.24. The van der Waals surface area contributed by atoms with E-state index >= 15 is 0 Å². The van der Waals surface area contributed by atoms with Crippen LogP contribution in [0.5, 0.6) is 0 Å².